The standard InChI is InChI=1S/C14H14N4O3S2/c15-10-3-1-9(2-4-10)13(19)18-14(22)17-11-5-7-12(8-6-11)23(16,20)21/h1-8H,15H2,(H2,16,20,21)(H2,17,18,19,22). The second-order valence-corrected chi connectivity index (χ2v) is 6.57. The van der Waals surface area contributed by atoms with Gasteiger partial charge in [-0.15, -0.1) is 0 Å². The Kier molecular flexibility index (Phi) is 4.94. The molecule has 9 heteroatoms. The summed E-state index contributed by atoms with van der Waals surface area (Å²) >= 11 is 5.03. The zero-order chi connectivity index (χ0) is 17.0. The van der Waals surface area contributed by atoms with E-state index in [1.807, 2.05) is 0 Å². The van der Waals surface area contributed by atoms with Crippen LogP contribution in [-0.4, -0.2) is 19.4 Å². The molecule has 1 amide bonds. The van der Waals surface area contributed by atoms with Gasteiger partial charge in [0.05, 0.1) is 4.90 Å². The number of carbonyl (C=O) groups excluding carboxylic acids is 1. The van der Waals surface area contributed by atoms with Crippen LogP contribution in [0.25, 0.3) is 0 Å². The van der Waals surface area contributed by atoms with Crippen molar-refractivity contribution in [2.75, 3.05) is 11.1 Å². The van der Waals surface area contributed by atoms with Gasteiger partial charge in [-0.05, 0) is 60.7 Å². The fraction of sp³-hybridized carbons (Fsp3) is 0. The quantitative estimate of drug-likeness (QED) is 0.484. The highest BCUT2D eigenvalue weighted by Crippen LogP contribution is 2.12. The Morgan fingerprint density at radius 3 is 2.09 bits per heavy atom. The highest BCUT2D eigenvalue weighted by molar-refractivity contribution is 7.89. The van der Waals surface area contributed by atoms with Crippen LogP contribution in [0.3, 0.4) is 0 Å². The molecule has 0 aliphatic rings. The predicted molar refractivity (Wildman–Crippen MR) is 92.4 cm³/mol. The smallest absolute Gasteiger partial charge is 0.257 e. The summed E-state index contributed by atoms with van der Waals surface area (Å²) in [5, 5.41) is 10.4. The van der Waals surface area contributed by atoms with Crippen LogP contribution in [0.15, 0.2) is 53.4 Å². The van der Waals surface area contributed by atoms with Gasteiger partial charge >= 0.3 is 0 Å². The molecule has 0 unspecified atom stereocenters. The van der Waals surface area contributed by atoms with Crippen LogP contribution >= 0.6 is 12.2 Å². The van der Waals surface area contributed by atoms with E-state index in [2.05, 4.69) is 10.6 Å². The molecule has 0 spiro atoms. The Balaban J connectivity index is 1.99. The summed E-state index contributed by atoms with van der Waals surface area (Å²) in [7, 11) is -3.75. The van der Waals surface area contributed by atoms with E-state index >= 15 is 0 Å². The minimum Gasteiger partial charge on any atom is -0.399 e. The number of primary sulfonamides is 1. The fourth-order valence-electron chi connectivity index (χ4n) is 1.70. The maximum absolute atomic E-state index is 12.0. The van der Waals surface area contributed by atoms with Crippen molar-refractivity contribution in [2.24, 2.45) is 5.14 Å². The number of sulfonamides is 1. The van der Waals surface area contributed by atoms with Crippen molar-refractivity contribution < 1.29 is 13.2 Å². The Morgan fingerprint density at radius 1 is 1.00 bits per heavy atom. The van der Waals surface area contributed by atoms with Gasteiger partial charge in [-0.2, -0.15) is 0 Å². The second-order valence-electron chi connectivity index (χ2n) is 4.60. The summed E-state index contributed by atoms with van der Waals surface area (Å²) in [5.41, 5.74) is 7.03. The zero-order valence-electron chi connectivity index (χ0n) is 11.8. The van der Waals surface area contributed by atoms with Crippen molar-refractivity contribution in [3.63, 3.8) is 0 Å². The van der Waals surface area contributed by atoms with E-state index < -0.39 is 10.0 Å². The van der Waals surface area contributed by atoms with Crippen molar-refractivity contribution in [1.29, 1.82) is 0 Å². The number of nitrogens with two attached hydrogens (primary N) is 2. The van der Waals surface area contributed by atoms with E-state index in [9.17, 15) is 13.2 Å². The third-order valence-electron chi connectivity index (χ3n) is 2.84. The number of nitrogen functional groups attached to an aromatic ring is 1. The number of thiocarbonyl (C=S) groups is 1. The summed E-state index contributed by atoms with van der Waals surface area (Å²) in [5.74, 6) is -0.386. The Morgan fingerprint density at radius 2 is 1.57 bits per heavy atom. The van der Waals surface area contributed by atoms with Crippen LogP contribution in [0.5, 0.6) is 0 Å². The van der Waals surface area contributed by atoms with Gasteiger partial charge in [0.2, 0.25) is 10.0 Å². The molecule has 2 aromatic carbocycles. The van der Waals surface area contributed by atoms with Crippen LogP contribution in [0.4, 0.5) is 11.4 Å². The molecule has 0 heterocycles. The first kappa shape index (κ1) is 16.9. The monoisotopic (exact) mass is 350 g/mol. The molecule has 120 valence electrons. The molecule has 0 aliphatic carbocycles. The fourth-order valence-corrected chi connectivity index (χ4v) is 2.43. The van der Waals surface area contributed by atoms with E-state index in [4.69, 9.17) is 23.1 Å². The van der Waals surface area contributed by atoms with Gasteiger partial charge in [0.25, 0.3) is 5.91 Å². The Labute approximate surface area is 138 Å². The van der Waals surface area contributed by atoms with E-state index in [1.165, 1.54) is 24.3 Å². The minimum atomic E-state index is -3.75. The van der Waals surface area contributed by atoms with E-state index in [1.54, 1.807) is 24.3 Å². The minimum absolute atomic E-state index is 0.0140. The Hall–Kier alpha value is -2.49. The molecule has 0 fully saturated rings. The average Bonchev–Trinajstić information content (AvgIpc) is 2.47. The van der Waals surface area contributed by atoms with E-state index in [0.717, 1.165) is 0 Å². The molecule has 0 aliphatic heterocycles. The maximum Gasteiger partial charge on any atom is 0.257 e. The van der Waals surface area contributed by atoms with Crippen LogP contribution < -0.4 is 21.5 Å². The summed E-state index contributed by atoms with van der Waals surface area (Å²) in [4.78, 5) is 12.0. The number of nitrogens with one attached hydrogen (secondary N) is 2. The first-order chi connectivity index (χ1) is 10.8. The molecule has 0 radical (unpaired) electrons. The topological polar surface area (TPSA) is 127 Å². The first-order valence-electron chi connectivity index (χ1n) is 6.36. The third kappa shape index (κ3) is 4.74. The predicted octanol–water partition coefficient (Wildman–Crippen LogP) is 1.04. The van der Waals surface area contributed by atoms with Gasteiger partial charge in [0.15, 0.2) is 5.11 Å². The third-order valence-corrected chi connectivity index (χ3v) is 3.97. The highest BCUT2D eigenvalue weighted by Gasteiger charge is 2.09. The molecular formula is C14H14N4O3S2. The molecule has 0 atom stereocenters. The summed E-state index contributed by atoms with van der Waals surface area (Å²) in [6.45, 7) is 0. The van der Waals surface area contributed by atoms with Crippen molar-refractivity contribution in [2.45, 2.75) is 4.90 Å². The van der Waals surface area contributed by atoms with Gasteiger partial charge in [0, 0.05) is 16.9 Å². The van der Waals surface area contributed by atoms with Gasteiger partial charge in [0.1, 0.15) is 0 Å². The number of hydrogen-bond donors (Lipinski definition) is 4. The average molecular weight is 350 g/mol. The lowest BCUT2D eigenvalue weighted by molar-refractivity contribution is 0.0978. The number of carbonyl (C=O) groups is 1. The summed E-state index contributed by atoms with van der Waals surface area (Å²) in [6, 6.07) is 12.0. The molecule has 0 saturated heterocycles. The molecule has 2 aromatic rings. The van der Waals surface area contributed by atoms with Crippen molar-refractivity contribution in [3.05, 3.63) is 54.1 Å². The molecule has 0 bridgehead atoms. The number of benzene rings is 2. The number of anilines is 2. The molecule has 0 saturated carbocycles. The molecule has 23 heavy (non-hydrogen) atoms. The van der Waals surface area contributed by atoms with Gasteiger partial charge in [-0.1, -0.05) is 0 Å². The molecule has 7 nitrogen and oxygen atoms in total. The van der Waals surface area contributed by atoms with Crippen molar-refractivity contribution in [1.82, 2.24) is 5.32 Å². The molecular weight excluding hydrogens is 336 g/mol. The zero-order valence-corrected chi connectivity index (χ0v) is 13.4. The largest absolute Gasteiger partial charge is 0.399 e. The highest BCUT2D eigenvalue weighted by atomic mass is 32.2. The summed E-state index contributed by atoms with van der Waals surface area (Å²) < 4.78 is 22.3. The molecule has 6 N–H and O–H groups in total. The lowest BCUT2D eigenvalue weighted by Crippen LogP contribution is -2.34. The van der Waals surface area contributed by atoms with Gasteiger partial charge in [-0.3, -0.25) is 10.1 Å². The first-order valence-corrected chi connectivity index (χ1v) is 8.32. The lowest BCUT2D eigenvalue weighted by atomic mass is 10.2. The van der Waals surface area contributed by atoms with Crippen LogP contribution in [0.1, 0.15) is 10.4 Å². The maximum atomic E-state index is 12.0. The summed E-state index contributed by atoms with van der Waals surface area (Å²) in [6.07, 6.45) is 0. The van der Waals surface area contributed by atoms with Crippen LogP contribution in [0.2, 0.25) is 0 Å². The van der Waals surface area contributed by atoms with E-state index in [0.29, 0.717) is 16.9 Å². The van der Waals surface area contributed by atoms with Gasteiger partial charge < -0.3 is 11.1 Å². The number of rotatable bonds is 3. The second kappa shape index (κ2) is 6.73. The number of amides is 1. The van der Waals surface area contributed by atoms with Crippen molar-refractivity contribution in [3.8, 4) is 0 Å². The number of hydrogen-bond acceptors (Lipinski definition) is 5. The molecule has 0 aromatic heterocycles. The van der Waals surface area contributed by atoms with Crippen molar-refractivity contribution >= 4 is 44.6 Å². The van der Waals surface area contributed by atoms with Gasteiger partial charge in [-0.25, -0.2) is 13.6 Å². The lowest BCUT2D eigenvalue weighted by Gasteiger charge is -2.10. The normalized spacial score (nSPS) is 10.8. The SMILES string of the molecule is Nc1ccc(C(=O)NC(=S)Nc2ccc(S(N)(=O)=O)cc2)cc1. The van der Waals surface area contributed by atoms with Crippen LogP contribution in [0, 0.1) is 0 Å². The van der Waals surface area contributed by atoms with E-state index in [-0.39, 0.29) is 15.9 Å². The van der Waals surface area contributed by atoms with Crippen LogP contribution in [-0.2, 0) is 10.0 Å². The molecule has 2 rings (SSSR count). The Bertz CT molecular complexity index is 831.